The minimum absolute atomic E-state index is 0.144. The van der Waals surface area contributed by atoms with Crippen LogP contribution in [-0.2, 0) is 6.42 Å². The quantitative estimate of drug-likeness (QED) is 0.875. The molecule has 112 valence electrons. The lowest BCUT2D eigenvalue weighted by Gasteiger charge is -2.34. The van der Waals surface area contributed by atoms with Crippen molar-refractivity contribution in [3.8, 4) is 0 Å². The van der Waals surface area contributed by atoms with Crippen LogP contribution in [0.5, 0.6) is 0 Å². The Morgan fingerprint density at radius 2 is 1.55 bits per heavy atom. The van der Waals surface area contributed by atoms with Crippen LogP contribution in [0.1, 0.15) is 45.1 Å². The lowest BCUT2D eigenvalue weighted by Crippen LogP contribution is -2.36. The van der Waals surface area contributed by atoms with E-state index in [1.807, 2.05) is 0 Å². The second kappa shape index (κ2) is 6.66. The van der Waals surface area contributed by atoms with Crippen LogP contribution in [0.4, 0.5) is 8.78 Å². The van der Waals surface area contributed by atoms with E-state index in [9.17, 15) is 8.78 Å². The summed E-state index contributed by atoms with van der Waals surface area (Å²) in [6, 6.07) is 3.87. The highest BCUT2D eigenvalue weighted by molar-refractivity contribution is 5.20. The molecule has 0 amide bonds. The molecule has 0 spiro atoms. The van der Waals surface area contributed by atoms with Crippen molar-refractivity contribution in [1.29, 1.82) is 0 Å². The Bertz CT molecular complexity index is 416. The highest BCUT2D eigenvalue weighted by Gasteiger charge is 2.28. The first kappa shape index (κ1) is 15.4. The van der Waals surface area contributed by atoms with Crippen molar-refractivity contribution in [2.45, 2.75) is 52.0 Å². The first-order chi connectivity index (χ1) is 9.49. The van der Waals surface area contributed by atoms with Gasteiger partial charge in [0.25, 0.3) is 0 Å². The zero-order valence-corrected chi connectivity index (χ0v) is 12.4. The van der Waals surface area contributed by atoms with E-state index in [1.54, 1.807) is 0 Å². The molecule has 1 aliphatic rings. The highest BCUT2D eigenvalue weighted by Crippen LogP contribution is 2.35. The smallest absolute Gasteiger partial charge is 0.129 e. The maximum absolute atomic E-state index is 13.7. The molecule has 1 atom stereocenters. The van der Waals surface area contributed by atoms with Crippen LogP contribution in [0.25, 0.3) is 0 Å². The van der Waals surface area contributed by atoms with Crippen molar-refractivity contribution in [3.63, 3.8) is 0 Å². The normalized spacial score (nSPS) is 24.9. The van der Waals surface area contributed by atoms with Gasteiger partial charge in [0.15, 0.2) is 0 Å². The van der Waals surface area contributed by atoms with Gasteiger partial charge in [-0.15, -0.1) is 0 Å². The summed E-state index contributed by atoms with van der Waals surface area (Å²) in [5, 5.41) is 0. The van der Waals surface area contributed by atoms with Gasteiger partial charge in [-0.25, -0.2) is 8.78 Å². The molecule has 0 saturated heterocycles. The lowest BCUT2D eigenvalue weighted by atomic mass is 9.74. The largest absolute Gasteiger partial charge is 0.327 e. The van der Waals surface area contributed by atoms with Crippen molar-refractivity contribution in [1.82, 2.24) is 0 Å². The zero-order valence-electron chi connectivity index (χ0n) is 12.4. The predicted molar refractivity (Wildman–Crippen MR) is 78.3 cm³/mol. The third-order valence-corrected chi connectivity index (χ3v) is 4.87. The van der Waals surface area contributed by atoms with E-state index in [1.165, 1.54) is 31.0 Å². The van der Waals surface area contributed by atoms with E-state index in [0.717, 1.165) is 24.7 Å². The maximum atomic E-state index is 13.7. The van der Waals surface area contributed by atoms with E-state index in [0.29, 0.717) is 12.3 Å². The number of nitrogens with two attached hydrogens (primary N) is 1. The number of benzene rings is 1. The molecule has 1 nitrogen and oxygen atoms in total. The molecular formula is C17H25F2N. The van der Waals surface area contributed by atoms with Gasteiger partial charge in [-0.3, -0.25) is 0 Å². The van der Waals surface area contributed by atoms with Crippen molar-refractivity contribution in [2.75, 3.05) is 0 Å². The van der Waals surface area contributed by atoms with Gasteiger partial charge >= 0.3 is 0 Å². The molecule has 1 aromatic carbocycles. The molecular weight excluding hydrogens is 256 g/mol. The van der Waals surface area contributed by atoms with Crippen molar-refractivity contribution in [3.05, 3.63) is 35.4 Å². The number of rotatable bonds is 4. The second-order valence-corrected chi connectivity index (χ2v) is 6.49. The monoisotopic (exact) mass is 281 g/mol. The molecule has 0 aliphatic heterocycles. The van der Waals surface area contributed by atoms with Crippen LogP contribution in [0, 0.1) is 29.4 Å². The maximum Gasteiger partial charge on any atom is 0.129 e. The van der Waals surface area contributed by atoms with Crippen LogP contribution in [0.3, 0.4) is 0 Å². The van der Waals surface area contributed by atoms with E-state index >= 15 is 0 Å². The standard InChI is InChI=1S/C17H25F2N/c1-11(2)12-6-8-13(9-7-12)17(20)10-14-15(18)4-3-5-16(14)19/h3-5,11-13,17H,6-10,20H2,1-2H3. The Kier molecular flexibility index (Phi) is 5.14. The molecule has 1 aromatic rings. The summed E-state index contributed by atoms with van der Waals surface area (Å²) in [6.07, 6.45) is 4.85. The Labute approximate surface area is 120 Å². The lowest BCUT2D eigenvalue weighted by molar-refractivity contribution is 0.202. The van der Waals surface area contributed by atoms with Gasteiger partial charge in [0.2, 0.25) is 0 Å². The van der Waals surface area contributed by atoms with Gasteiger partial charge in [-0.2, -0.15) is 0 Å². The van der Waals surface area contributed by atoms with Crippen LogP contribution >= 0.6 is 0 Å². The van der Waals surface area contributed by atoms with E-state index in [2.05, 4.69) is 13.8 Å². The summed E-state index contributed by atoms with van der Waals surface area (Å²) in [5.74, 6) is 0.941. The van der Waals surface area contributed by atoms with Crippen LogP contribution < -0.4 is 5.73 Å². The molecule has 2 N–H and O–H groups in total. The van der Waals surface area contributed by atoms with Gasteiger partial charge in [-0.05, 0) is 62.0 Å². The first-order valence-electron chi connectivity index (χ1n) is 7.67. The Morgan fingerprint density at radius 3 is 2.05 bits per heavy atom. The summed E-state index contributed by atoms with van der Waals surface area (Å²) in [4.78, 5) is 0. The number of halogens is 2. The van der Waals surface area contributed by atoms with Crippen molar-refractivity contribution in [2.24, 2.45) is 23.5 Å². The first-order valence-corrected chi connectivity index (χ1v) is 7.67. The average Bonchev–Trinajstić information content (AvgIpc) is 2.43. The van der Waals surface area contributed by atoms with Crippen LogP contribution in [0.2, 0.25) is 0 Å². The van der Waals surface area contributed by atoms with Gasteiger partial charge < -0.3 is 5.73 Å². The summed E-state index contributed by atoms with van der Waals surface area (Å²) in [6.45, 7) is 4.53. The molecule has 0 bridgehead atoms. The molecule has 1 saturated carbocycles. The van der Waals surface area contributed by atoms with E-state index in [4.69, 9.17) is 5.73 Å². The molecule has 2 rings (SSSR count). The van der Waals surface area contributed by atoms with Crippen molar-refractivity contribution < 1.29 is 8.78 Å². The molecule has 0 heterocycles. The zero-order chi connectivity index (χ0) is 14.7. The minimum atomic E-state index is -0.476. The second-order valence-electron chi connectivity index (χ2n) is 6.49. The molecule has 1 fully saturated rings. The fraction of sp³-hybridized carbons (Fsp3) is 0.647. The SMILES string of the molecule is CC(C)C1CCC(C(N)Cc2c(F)cccc2F)CC1. The van der Waals surface area contributed by atoms with Gasteiger partial charge in [0, 0.05) is 11.6 Å². The fourth-order valence-corrected chi connectivity index (χ4v) is 3.37. The van der Waals surface area contributed by atoms with E-state index in [-0.39, 0.29) is 11.6 Å². The highest BCUT2D eigenvalue weighted by atomic mass is 19.1. The summed E-state index contributed by atoms with van der Waals surface area (Å²) in [7, 11) is 0. The van der Waals surface area contributed by atoms with Crippen LogP contribution in [0.15, 0.2) is 18.2 Å². The topological polar surface area (TPSA) is 26.0 Å². The van der Waals surface area contributed by atoms with Gasteiger partial charge in [0.05, 0.1) is 0 Å². The molecule has 3 heteroatoms. The third-order valence-electron chi connectivity index (χ3n) is 4.87. The minimum Gasteiger partial charge on any atom is -0.327 e. The average molecular weight is 281 g/mol. The molecule has 0 radical (unpaired) electrons. The summed E-state index contributed by atoms with van der Waals surface area (Å²) in [5.41, 5.74) is 6.35. The van der Waals surface area contributed by atoms with E-state index < -0.39 is 11.6 Å². The molecule has 1 aliphatic carbocycles. The molecule has 1 unspecified atom stereocenters. The predicted octanol–water partition coefficient (Wildman–Crippen LogP) is 4.30. The van der Waals surface area contributed by atoms with Crippen molar-refractivity contribution >= 4 is 0 Å². The Morgan fingerprint density at radius 1 is 1.05 bits per heavy atom. The third kappa shape index (κ3) is 3.57. The molecule has 0 aromatic heterocycles. The number of hydrogen-bond acceptors (Lipinski definition) is 1. The summed E-state index contributed by atoms with van der Waals surface area (Å²) < 4.78 is 27.3. The van der Waals surface area contributed by atoms with Crippen LogP contribution in [-0.4, -0.2) is 6.04 Å². The summed E-state index contributed by atoms with van der Waals surface area (Å²) >= 11 is 0. The fourth-order valence-electron chi connectivity index (χ4n) is 3.37. The Hall–Kier alpha value is -0.960. The Balaban J connectivity index is 1.94. The van der Waals surface area contributed by atoms with Gasteiger partial charge in [0.1, 0.15) is 11.6 Å². The number of hydrogen-bond donors (Lipinski definition) is 1. The molecule has 20 heavy (non-hydrogen) atoms. The van der Waals surface area contributed by atoms with Gasteiger partial charge in [-0.1, -0.05) is 19.9 Å².